The highest BCUT2D eigenvalue weighted by molar-refractivity contribution is 6.09. The zero-order valence-corrected chi connectivity index (χ0v) is 10.2. The van der Waals surface area contributed by atoms with Crippen molar-refractivity contribution in [2.24, 2.45) is 7.05 Å². The fraction of sp³-hybridized carbons (Fsp3) is 0.143. The number of aryl methyl sites for hydroxylation is 1. The lowest BCUT2D eigenvalue weighted by Gasteiger charge is -2.01. The lowest BCUT2D eigenvalue weighted by molar-refractivity contribution is 0.103. The Hall–Kier alpha value is -2.36. The summed E-state index contributed by atoms with van der Waals surface area (Å²) in [5.74, 6) is 0.592. The minimum Gasteiger partial charge on any atom is -0.497 e. The van der Waals surface area contributed by atoms with Gasteiger partial charge in [-0.2, -0.15) is 0 Å². The third-order valence-electron chi connectivity index (χ3n) is 2.78. The Balaban J connectivity index is 2.31. The molecule has 18 heavy (non-hydrogen) atoms. The number of carbonyl (C=O) groups is 2. The van der Waals surface area contributed by atoms with Crippen molar-refractivity contribution in [3.05, 3.63) is 53.3 Å². The maximum Gasteiger partial charge on any atom is 0.194 e. The second-order valence-electron chi connectivity index (χ2n) is 3.94. The van der Waals surface area contributed by atoms with Gasteiger partial charge in [-0.1, -0.05) is 0 Å². The molecule has 0 aliphatic carbocycles. The number of hydrogen-bond donors (Lipinski definition) is 0. The minimum absolute atomic E-state index is 0.110. The molecule has 4 nitrogen and oxygen atoms in total. The summed E-state index contributed by atoms with van der Waals surface area (Å²) in [6.07, 6.45) is 2.38. The van der Waals surface area contributed by atoms with Gasteiger partial charge in [0.15, 0.2) is 12.1 Å². The van der Waals surface area contributed by atoms with Gasteiger partial charge >= 0.3 is 0 Å². The number of ether oxygens (including phenoxy) is 1. The summed E-state index contributed by atoms with van der Waals surface area (Å²) in [5.41, 5.74) is 1.55. The molecule has 0 fully saturated rings. The average molecular weight is 243 g/mol. The second-order valence-corrected chi connectivity index (χ2v) is 3.94. The standard InChI is InChI=1S/C14H13NO3/c1-15-8-11(7-12(15)9-16)14(17)10-3-5-13(18-2)6-4-10/h3-9H,1-2H3. The molecule has 2 rings (SSSR count). The van der Waals surface area contributed by atoms with Crippen LogP contribution in [0.4, 0.5) is 0 Å². The van der Waals surface area contributed by atoms with Crippen molar-refractivity contribution in [2.45, 2.75) is 0 Å². The fourth-order valence-electron chi connectivity index (χ4n) is 1.73. The van der Waals surface area contributed by atoms with E-state index in [0.29, 0.717) is 22.6 Å². The van der Waals surface area contributed by atoms with E-state index in [1.54, 1.807) is 55.3 Å². The van der Waals surface area contributed by atoms with Gasteiger partial charge in [-0.25, -0.2) is 0 Å². The molecular weight excluding hydrogens is 230 g/mol. The van der Waals surface area contributed by atoms with Crippen LogP contribution in [0.25, 0.3) is 0 Å². The molecule has 1 heterocycles. The summed E-state index contributed by atoms with van der Waals surface area (Å²) in [6.45, 7) is 0. The summed E-state index contributed by atoms with van der Waals surface area (Å²) in [7, 11) is 3.30. The molecule has 0 radical (unpaired) electrons. The second kappa shape index (κ2) is 4.87. The number of aldehydes is 1. The molecule has 0 unspecified atom stereocenters. The van der Waals surface area contributed by atoms with Crippen LogP contribution in [-0.4, -0.2) is 23.7 Å². The van der Waals surface area contributed by atoms with Crippen LogP contribution in [0, 0.1) is 0 Å². The van der Waals surface area contributed by atoms with E-state index in [-0.39, 0.29) is 5.78 Å². The quantitative estimate of drug-likeness (QED) is 0.610. The first-order valence-electron chi connectivity index (χ1n) is 5.46. The Bertz CT molecular complexity index is 582. The van der Waals surface area contributed by atoms with E-state index in [2.05, 4.69) is 0 Å². The first-order valence-corrected chi connectivity index (χ1v) is 5.46. The largest absolute Gasteiger partial charge is 0.497 e. The van der Waals surface area contributed by atoms with E-state index in [0.717, 1.165) is 6.29 Å². The molecule has 0 aliphatic heterocycles. The molecule has 4 heteroatoms. The topological polar surface area (TPSA) is 48.3 Å². The summed E-state index contributed by atoms with van der Waals surface area (Å²) in [6, 6.07) is 8.46. The van der Waals surface area contributed by atoms with E-state index in [1.807, 2.05) is 0 Å². The highest BCUT2D eigenvalue weighted by Crippen LogP contribution is 2.16. The summed E-state index contributed by atoms with van der Waals surface area (Å²) < 4.78 is 6.66. The number of aromatic nitrogens is 1. The highest BCUT2D eigenvalue weighted by Gasteiger charge is 2.12. The average Bonchev–Trinajstić information content (AvgIpc) is 2.79. The molecule has 2 aromatic rings. The monoisotopic (exact) mass is 243 g/mol. The van der Waals surface area contributed by atoms with Crippen LogP contribution in [0.3, 0.4) is 0 Å². The molecule has 92 valence electrons. The molecule has 0 aliphatic rings. The van der Waals surface area contributed by atoms with Crippen LogP contribution in [-0.2, 0) is 7.05 Å². The summed E-state index contributed by atoms with van der Waals surface area (Å²) in [4.78, 5) is 22.9. The predicted molar refractivity (Wildman–Crippen MR) is 67.2 cm³/mol. The van der Waals surface area contributed by atoms with E-state index in [1.165, 1.54) is 0 Å². The normalized spacial score (nSPS) is 10.1. The van der Waals surface area contributed by atoms with E-state index < -0.39 is 0 Å². The SMILES string of the molecule is COc1ccc(C(=O)c2cc(C=O)n(C)c2)cc1. The summed E-state index contributed by atoms with van der Waals surface area (Å²) in [5, 5.41) is 0. The van der Waals surface area contributed by atoms with Crippen molar-refractivity contribution in [1.82, 2.24) is 4.57 Å². The number of nitrogens with zero attached hydrogens (tertiary/aromatic N) is 1. The van der Waals surface area contributed by atoms with E-state index in [4.69, 9.17) is 4.74 Å². The third kappa shape index (κ3) is 2.18. The first-order chi connectivity index (χ1) is 8.65. The highest BCUT2D eigenvalue weighted by atomic mass is 16.5. The van der Waals surface area contributed by atoms with Crippen LogP contribution in [0.2, 0.25) is 0 Å². The van der Waals surface area contributed by atoms with Crippen molar-refractivity contribution in [3.63, 3.8) is 0 Å². The number of hydrogen-bond acceptors (Lipinski definition) is 3. The Morgan fingerprint density at radius 1 is 1.22 bits per heavy atom. The van der Waals surface area contributed by atoms with Gasteiger partial charge in [0, 0.05) is 24.4 Å². The van der Waals surface area contributed by atoms with Crippen molar-refractivity contribution in [2.75, 3.05) is 7.11 Å². The zero-order valence-electron chi connectivity index (χ0n) is 10.2. The molecule has 0 atom stereocenters. The van der Waals surface area contributed by atoms with Crippen molar-refractivity contribution in [3.8, 4) is 5.75 Å². The molecule has 1 aromatic carbocycles. The van der Waals surface area contributed by atoms with Gasteiger partial charge in [0.05, 0.1) is 12.8 Å². The first kappa shape index (κ1) is 12.1. The molecule has 0 amide bonds. The number of ketones is 1. The Labute approximate surface area is 105 Å². The van der Waals surface area contributed by atoms with Gasteiger partial charge in [-0.05, 0) is 30.3 Å². The van der Waals surface area contributed by atoms with Crippen molar-refractivity contribution < 1.29 is 14.3 Å². The van der Waals surface area contributed by atoms with E-state index in [9.17, 15) is 9.59 Å². The van der Waals surface area contributed by atoms with Gasteiger partial charge in [0.2, 0.25) is 0 Å². The van der Waals surface area contributed by atoms with Gasteiger partial charge in [-0.3, -0.25) is 9.59 Å². The lowest BCUT2D eigenvalue weighted by atomic mass is 10.1. The third-order valence-corrected chi connectivity index (χ3v) is 2.78. The van der Waals surface area contributed by atoms with Crippen LogP contribution in [0.1, 0.15) is 26.4 Å². The molecule has 0 spiro atoms. The van der Waals surface area contributed by atoms with Crippen molar-refractivity contribution in [1.29, 1.82) is 0 Å². The fourth-order valence-corrected chi connectivity index (χ4v) is 1.73. The number of rotatable bonds is 4. The van der Waals surface area contributed by atoms with Crippen molar-refractivity contribution >= 4 is 12.1 Å². The number of methoxy groups -OCH3 is 1. The maximum absolute atomic E-state index is 12.2. The van der Waals surface area contributed by atoms with Gasteiger partial charge in [0.25, 0.3) is 0 Å². The van der Waals surface area contributed by atoms with Crippen LogP contribution >= 0.6 is 0 Å². The minimum atomic E-state index is -0.110. The van der Waals surface area contributed by atoms with Gasteiger partial charge < -0.3 is 9.30 Å². The van der Waals surface area contributed by atoms with Gasteiger partial charge in [0.1, 0.15) is 5.75 Å². The molecule has 0 bridgehead atoms. The molecule has 0 saturated heterocycles. The zero-order chi connectivity index (χ0) is 13.1. The molecule has 1 aromatic heterocycles. The number of benzene rings is 1. The Morgan fingerprint density at radius 2 is 1.89 bits per heavy atom. The predicted octanol–water partition coefficient (Wildman–Crippen LogP) is 2.08. The smallest absolute Gasteiger partial charge is 0.194 e. The molecule has 0 N–H and O–H groups in total. The molecular formula is C14H13NO3. The maximum atomic E-state index is 12.2. The lowest BCUT2D eigenvalue weighted by Crippen LogP contribution is -1.99. The van der Waals surface area contributed by atoms with E-state index >= 15 is 0 Å². The van der Waals surface area contributed by atoms with Gasteiger partial charge in [-0.15, -0.1) is 0 Å². The Kier molecular flexibility index (Phi) is 3.28. The summed E-state index contributed by atoms with van der Waals surface area (Å²) >= 11 is 0. The van der Waals surface area contributed by atoms with Crippen LogP contribution in [0.15, 0.2) is 36.5 Å². The van der Waals surface area contributed by atoms with Crippen LogP contribution < -0.4 is 4.74 Å². The number of carbonyl (C=O) groups excluding carboxylic acids is 2. The Morgan fingerprint density at radius 3 is 2.39 bits per heavy atom. The molecule has 0 saturated carbocycles. The van der Waals surface area contributed by atoms with Crippen LogP contribution in [0.5, 0.6) is 5.75 Å².